The number of rotatable bonds is 5. The minimum atomic E-state index is -0.214. The second-order valence-corrected chi connectivity index (χ2v) is 10.7. The number of pyridine rings is 1. The molecule has 176 valence electrons. The second-order valence-electron chi connectivity index (χ2n) is 9.54. The maximum Gasteiger partial charge on any atom is 0.274 e. The van der Waals surface area contributed by atoms with Crippen molar-refractivity contribution in [2.24, 2.45) is 5.92 Å². The van der Waals surface area contributed by atoms with Gasteiger partial charge in [0.2, 0.25) is 0 Å². The van der Waals surface area contributed by atoms with E-state index in [1.54, 1.807) is 17.4 Å². The minimum absolute atomic E-state index is 0.0288. The first-order valence-electron chi connectivity index (χ1n) is 12.0. The molecule has 2 aromatic carbocycles. The normalized spacial score (nSPS) is 20.6. The molecule has 6 nitrogen and oxygen atoms in total. The molecule has 3 atom stereocenters. The summed E-state index contributed by atoms with van der Waals surface area (Å²) in [5.41, 5.74) is 3.89. The van der Waals surface area contributed by atoms with E-state index < -0.39 is 0 Å². The van der Waals surface area contributed by atoms with E-state index >= 15 is 0 Å². The van der Waals surface area contributed by atoms with Crippen LogP contribution in [-0.4, -0.2) is 45.3 Å². The lowest BCUT2D eigenvalue weighted by Gasteiger charge is -2.27. The van der Waals surface area contributed by atoms with Crippen LogP contribution in [0.4, 0.5) is 0 Å². The Bertz CT molecular complexity index is 1460. The maximum atomic E-state index is 13.8. The molecule has 1 N–H and O–H groups in total. The van der Waals surface area contributed by atoms with E-state index in [1.165, 1.54) is 0 Å². The molecule has 35 heavy (non-hydrogen) atoms. The number of amides is 2. The van der Waals surface area contributed by atoms with E-state index in [4.69, 9.17) is 0 Å². The lowest BCUT2D eigenvalue weighted by Crippen LogP contribution is -2.45. The van der Waals surface area contributed by atoms with Crippen molar-refractivity contribution < 1.29 is 9.59 Å². The van der Waals surface area contributed by atoms with Crippen molar-refractivity contribution in [3.05, 3.63) is 82.6 Å². The number of hydrogen-bond acceptors (Lipinski definition) is 5. The highest BCUT2D eigenvalue weighted by Gasteiger charge is 2.54. The van der Waals surface area contributed by atoms with E-state index in [2.05, 4.69) is 34.3 Å². The van der Waals surface area contributed by atoms with Gasteiger partial charge < -0.3 is 10.2 Å². The standard InChI is InChI=1S/C28H26N4O2S/c1-16-6-5-8-19(12-16)26-25(30-17(2)35-26)28(34)32-21(13-20-14-24(20)32)15-29-27(33)23-11-10-18-7-3-4-9-22(18)31-23/h3-12,20-21,24H,13-15H2,1-2H3,(H,29,33)/t20-,21+,24+/m1/s1. The van der Waals surface area contributed by atoms with Crippen LogP contribution in [0.15, 0.2) is 60.7 Å². The molecule has 0 unspecified atom stereocenters. The highest BCUT2D eigenvalue weighted by molar-refractivity contribution is 7.15. The fraction of sp³-hybridized carbons (Fsp3) is 0.286. The van der Waals surface area contributed by atoms with Crippen molar-refractivity contribution in [1.82, 2.24) is 20.2 Å². The highest BCUT2D eigenvalue weighted by atomic mass is 32.1. The molecule has 3 heterocycles. The third-order valence-electron chi connectivity index (χ3n) is 6.99. The average molecular weight is 483 g/mol. The molecule has 2 amide bonds. The Balaban J connectivity index is 1.21. The third kappa shape index (κ3) is 4.10. The Kier molecular flexibility index (Phi) is 5.37. The van der Waals surface area contributed by atoms with Crippen molar-refractivity contribution in [2.75, 3.05) is 6.54 Å². The van der Waals surface area contributed by atoms with E-state index in [1.807, 2.05) is 54.3 Å². The molecule has 7 heteroatoms. The smallest absolute Gasteiger partial charge is 0.274 e. The number of piperidine rings is 1. The fourth-order valence-corrected chi connectivity index (χ4v) is 6.13. The summed E-state index contributed by atoms with van der Waals surface area (Å²) in [4.78, 5) is 38.7. The van der Waals surface area contributed by atoms with Crippen LogP contribution in [0.5, 0.6) is 0 Å². The first kappa shape index (κ1) is 21.9. The molecular formula is C28H26N4O2S. The number of thiazole rings is 1. The number of nitrogens with zero attached hydrogens (tertiary/aromatic N) is 3. The number of hydrogen-bond donors (Lipinski definition) is 1. The lowest BCUT2D eigenvalue weighted by atomic mass is 10.1. The van der Waals surface area contributed by atoms with Crippen LogP contribution in [-0.2, 0) is 0 Å². The number of para-hydroxylation sites is 1. The number of aryl methyl sites for hydroxylation is 2. The second kappa shape index (κ2) is 8.57. The quantitative estimate of drug-likeness (QED) is 0.434. The van der Waals surface area contributed by atoms with Gasteiger partial charge in [-0.1, -0.05) is 54.1 Å². The molecule has 0 bridgehead atoms. The molecule has 2 aliphatic rings. The van der Waals surface area contributed by atoms with Gasteiger partial charge in [0.1, 0.15) is 11.4 Å². The van der Waals surface area contributed by atoms with E-state index in [0.29, 0.717) is 23.9 Å². The van der Waals surface area contributed by atoms with E-state index in [0.717, 1.165) is 44.8 Å². The Morgan fingerprint density at radius 2 is 1.89 bits per heavy atom. The van der Waals surface area contributed by atoms with Gasteiger partial charge in [-0.2, -0.15) is 0 Å². The van der Waals surface area contributed by atoms with Gasteiger partial charge in [0.05, 0.1) is 21.4 Å². The van der Waals surface area contributed by atoms with Crippen LogP contribution in [0.25, 0.3) is 21.3 Å². The summed E-state index contributed by atoms with van der Waals surface area (Å²) in [6.45, 7) is 4.41. The molecule has 1 saturated heterocycles. The molecule has 0 radical (unpaired) electrons. The summed E-state index contributed by atoms with van der Waals surface area (Å²) in [7, 11) is 0. The first-order chi connectivity index (χ1) is 17.0. The largest absolute Gasteiger partial charge is 0.349 e. The number of benzene rings is 2. The van der Waals surface area contributed by atoms with Crippen LogP contribution < -0.4 is 5.32 Å². The highest BCUT2D eigenvalue weighted by Crippen LogP contribution is 2.48. The zero-order valence-corrected chi connectivity index (χ0v) is 20.5. The van der Waals surface area contributed by atoms with Crippen LogP contribution in [0, 0.1) is 19.8 Å². The molecule has 1 aliphatic carbocycles. The number of likely N-dealkylation sites (tertiary alicyclic amines) is 1. The number of carbonyl (C=O) groups excluding carboxylic acids is 2. The Labute approximate surface area is 208 Å². The van der Waals surface area contributed by atoms with Gasteiger partial charge in [0, 0.05) is 18.0 Å². The monoisotopic (exact) mass is 482 g/mol. The number of carbonyl (C=O) groups is 2. The third-order valence-corrected chi connectivity index (χ3v) is 8.01. The summed E-state index contributed by atoms with van der Waals surface area (Å²) < 4.78 is 0. The topological polar surface area (TPSA) is 75.2 Å². The number of fused-ring (bicyclic) bond motifs is 2. The summed E-state index contributed by atoms with van der Waals surface area (Å²) in [5, 5.41) is 4.91. The molecule has 2 aromatic heterocycles. The number of nitrogens with one attached hydrogen (secondary N) is 1. The van der Waals surface area contributed by atoms with Gasteiger partial charge in [-0.05, 0) is 50.3 Å². The summed E-state index contributed by atoms with van der Waals surface area (Å²) in [6, 6.07) is 19.8. The van der Waals surface area contributed by atoms with Crippen molar-refractivity contribution >= 4 is 34.1 Å². The van der Waals surface area contributed by atoms with Gasteiger partial charge >= 0.3 is 0 Å². The van der Waals surface area contributed by atoms with Crippen molar-refractivity contribution in [1.29, 1.82) is 0 Å². The van der Waals surface area contributed by atoms with Crippen LogP contribution in [0.3, 0.4) is 0 Å². The molecular weight excluding hydrogens is 456 g/mol. The van der Waals surface area contributed by atoms with Crippen LogP contribution >= 0.6 is 11.3 Å². The van der Waals surface area contributed by atoms with Crippen molar-refractivity contribution in [2.45, 2.75) is 38.8 Å². The van der Waals surface area contributed by atoms with Crippen LogP contribution in [0.2, 0.25) is 0 Å². The molecule has 4 aromatic rings. The molecule has 6 rings (SSSR count). The zero-order valence-electron chi connectivity index (χ0n) is 19.7. The first-order valence-corrected chi connectivity index (χ1v) is 12.8. The fourth-order valence-electron chi connectivity index (χ4n) is 5.23. The van der Waals surface area contributed by atoms with E-state index in [9.17, 15) is 9.59 Å². The van der Waals surface area contributed by atoms with Gasteiger partial charge in [-0.15, -0.1) is 11.3 Å². The van der Waals surface area contributed by atoms with Crippen molar-refractivity contribution in [3.63, 3.8) is 0 Å². The molecule has 2 fully saturated rings. The van der Waals surface area contributed by atoms with Crippen LogP contribution in [0.1, 0.15) is 44.4 Å². The predicted molar refractivity (Wildman–Crippen MR) is 138 cm³/mol. The Hall–Kier alpha value is -3.58. The summed E-state index contributed by atoms with van der Waals surface area (Å²) >= 11 is 1.56. The van der Waals surface area contributed by atoms with Gasteiger partial charge in [-0.25, -0.2) is 9.97 Å². The maximum absolute atomic E-state index is 13.8. The van der Waals surface area contributed by atoms with E-state index in [-0.39, 0.29) is 23.9 Å². The molecule has 1 saturated carbocycles. The zero-order chi connectivity index (χ0) is 24.1. The van der Waals surface area contributed by atoms with Crippen molar-refractivity contribution in [3.8, 4) is 10.4 Å². The summed E-state index contributed by atoms with van der Waals surface area (Å²) in [6.07, 6.45) is 1.94. The predicted octanol–water partition coefficient (Wildman–Crippen LogP) is 5.01. The molecule has 0 spiro atoms. The average Bonchev–Trinajstić information content (AvgIpc) is 3.35. The lowest BCUT2D eigenvalue weighted by molar-refractivity contribution is 0.0684. The summed E-state index contributed by atoms with van der Waals surface area (Å²) in [5.74, 6) is 0.273. The SMILES string of the molecule is Cc1cccc(-c2sc(C)nc2C(=O)N2[C@H](CNC(=O)c3ccc4ccccc4n3)C[C@@H]3C[C@@H]32)c1. The van der Waals surface area contributed by atoms with Gasteiger partial charge in [0.15, 0.2) is 0 Å². The number of aromatic nitrogens is 2. The van der Waals surface area contributed by atoms with Gasteiger partial charge in [-0.3, -0.25) is 9.59 Å². The molecule has 1 aliphatic heterocycles. The Morgan fingerprint density at radius 1 is 1.03 bits per heavy atom. The van der Waals surface area contributed by atoms with Gasteiger partial charge in [0.25, 0.3) is 11.8 Å². The minimum Gasteiger partial charge on any atom is -0.349 e. The Morgan fingerprint density at radius 3 is 2.74 bits per heavy atom.